The van der Waals surface area contributed by atoms with Crippen LogP contribution in [-0.2, 0) is 57.4 Å². The molecule has 0 bridgehead atoms. The topological polar surface area (TPSA) is 258 Å². The van der Waals surface area contributed by atoms with Crippen molar-refractivity contribution in [1.29, 1.82) is 0 Å². The fraction of sp³-hybridized carbons (Fsp3) is 0.906. The minimum Gasteiger partial charge on any atom is -0.373 e. The Balaban J connectivity index is -0.000000167. The van der Waals surface area contributed by atoms with Crippen LogP contribution in [0.1, 0.15) is 348 Å². The molecule has 0 aromatic heterocycles. The molecule has 3 saturated heterocycles. The Kier molecular flexibility index (Phi) is 77.9. The Hall–Kier alpha value is -1.88. The van der Waals surface area contributed by atoms with Crippen molar-refractivity contribution in [2.24, 2.45) is 65.0 Å². The van der Waals surface area contributed by atoms with Crippen LogP contribution >= 0.6 is 104 Å². The number of hydrogen-bond donors (Lipinski definition) is 5. The van der Waals surface area contributed by atoms with Crippen molar-refractivity contribution < 1.29 is 57.4 Å². The van der Waals surface area contributed by atoms with Crippen LogP contribution in [0.5, 0.6) is 0 Å². The second-order valence-corrected chi connectivity index (χ2v) is 51.1. The summed E-state index contributed by atoms with van der Waals surface area (Å²) in [7, 11) is 3.58. The van der Waals surface area contributed by atoms with Crippen molar-refractivity contribution in [3.63, 3.8) is 0 Å². The van der Waals surface area contributed by atoms with Crippen molar-refractivity contribution in [1.82, 2.24) is 36.4 Å². The first-order valence-electron chi connectivity index (χ1n) is 44.2. The van der Waals surface area contributed by atoms with Gasteiger partial charge in [0, 0.05) is 72.8 Å². The van der Waals surface area contributed by atoms with E-state index < -0.39 is 26.9 Å². The van der Waals surface area contributed by atoms with Crippen LogP contribution in [0.4, 0.5) is 0 Å². The zero-order chi connectivity index (χ0) is 101. The average Bonchev–Trinajstić information content (AvgIpc) is 1.71. The lowest BCUT2D eigenvalue weighted by molar-refractivity contribution is -0.128. The maximum atomic E-state index is 11.0. The van der Waals surface area contributed by atoms with Crippen molar-refractivity contribution in [2.45, 2.75) is 393 Å². The predicted octanol–water partition coefficient (Wildman–Crippen LogP) is 24.2. The molecule has 28 heteroatoms. The Morgan fingerprint density at radius 2 is 0.484 bits per heavy atom. The lowest BCUT2D eigenvalue weighted by Crippen LogP contribution is -2.36. The number of epoxide rings is 3. The third kappa shape index (κ3) is 129. The maximum absolute atomic E-state index is 11.0. The molecule has 5 N–H and O–H groups in total. The molecule has 744 valence electrons. The number of nitrogens with one attached hydrogen (secondary N) is 5. The normalized spacial score (nSPS) is 16.0. The van der Waals surface area contributed by atoms with Gasteiger partial charge in [-0.15, -0.1) is 104 Å². The third-order valence-electron chi connectivity index (χ3n) is 16.1. The number of carbonyl (C=O) groups is 9. The van der Waals surface area contributed by atoms with Gasteiger partial charge in [-0.1, -0.05) is 249 Å². The molecular weight excluding hydrogens is 1760 g/mol. The van der Waals surface area contributed by atoms with Crippen molar-refractivity contribution >= 4 is 157 Å². The van der Waals surface area contributed by atoms with Crippen LogP contribution in [0.25, 0.3) is 0 Å². The maximum Gasteiger partial charge on any atom is 0.237 e. The second-order valence-electron chi connectivity index (χ2n) is 46.8. The number of hydrogen-bond acceptors (Lipinski definition) is 12. The second kappa shape index (κ2) is 69.0. The molecule has 0 radical (unpaired) electrons. The molecule has 0 aromatic carbocycles. The van der Waals surface area contributed by atoms with Crippen LogP contribution in [-0.4, -0.2) is 211 Å². The third-order valence-corrected chi connectivity index (χ3v) is 18.1. The molecule has 3 heterocycles. The molecule has 0 spiro atoms. The number of Topliss-reactive ketones (excluding diaryl/α,β-unsaturated/α-hetero) is 2. The monoisotopic (exact) mass is 1950 g/mol. The van der Waals surface area contributed by atoms with E-state index in [1.165, 1.54) is 12.8 Å². The van der Waals surface area contributed by atoms with E-state index in [9.17, 15) is 43.2 Å². The number of rotatable bonds is 26. The number of ether oxygens (including phenoxy) is 3. The number of alkyl halides is 9. The van der Waals surface area contributed by atoms with E-state index in [1.807, 2.05) is 0 Å². The minimum atomic E-state index is -0.433. The van der Waals surface area contributed by atoms with Gasteiger partial charge in [-0.05, 0) is 151 Å². The Bertz CT molecular complexity index is 2520. The van der Waals surface area contributed by atoms with Gasteiger partial charge in [-0.25, -0.2) is 0 Å². The lowest BCUT2D eigenvalue weighted by Gasteiger charge is -2.23. The summed E-state index contributed by atoms with van der Waals surface area (Å²) >= 11 is 49.2. The van der Waals surface area contributed by atoms with Gasteiger partial charge in [-0.2, -0.15) is 0 Å². The molecule has 3 fully saturated rings. The van der Waals surface area contributed by atoms with Crippen LogP contribution < -0.4 is 26.6 Å². The molecular formula is C96H190Cl9N7O12. The summed E-state index contributed by atoms with van der Waals surface area (Å²) in [5.41, 5.74) is 3.18. The van der Waals surface area contributed by atoms with E-state index >= 15 is 0 Å². The van der Waals surface area contributed by atoms with Crippen LogP contribution in [0.15, 0.2) is 0 Å². The van der Waals surface area contributed by atoms with Crippen LogP contribution in [0.2, 0.25) is 0 Å². The van der Waals surface area contributed by atoms with Crippen molar-refractivity contribution in [2.75, 3.05) is 103 Å². The van der Waals surface area contributed by atoms with Gasteiger partial charge in [0.25, 0.3) is 0 Å². The first kappa shape index (κ1) is 140. The summed E-state index contributed by atoms with van der Waals surface area (Å²) in [6.45, 7) is 93.2. The molecule has 3 aliphatic heterocycles. The summed E-state index contributed by atoms with van der Waals surface area (Å²) in [5, 5.41) is 11.6. The number of ketones is 2. The first-order chi connectivity index (χ1) is 55.0. The summed E-state index contributed by atoms with van der Waals surface area (Å²) in [6, 6.07) is 0. The molecule has 0 saturated carbocycles. The molecule has 4 unspecified atom stereocenters. The Morgan fingerprint density at radius 3 is 0.581 bits per heavy atom. The molecule has 19 nitrogen and oxygen atoms in total. The molecule has 0 aliphatic carbocycles. The van der Waals surface area contributed by atoms with Crippen molar-refractivity contribution in [3.8, 4) is 0 Å². The van der Waals surface area contributed by atoms with Crippen molar-refractivity contribution in [3.05, 3.63) is 0 Å². The number of carbonyl (C=O) groups excluding carboxylic acids is 9. The average molecular weight is 1950 g/mol. The standard InChI is InChI=1S/2C9H18ClNO.2C9H17ClO.5C8H16ClNO.2C7H14O.C6H12O/c2*1-9(2,3)5-6-11(4)8(12)7-10;2*1-9(2,3)6-4-5-8(11)7-10;5*1-6(9)7(11)10-5-8(2,3)4;2*1-7(2,3)4-6-5-8-6;1-6(2,3)5-4-7-5/h2*5-7H2,1-4H3;2*4-7H2,1-3H3;5*6H,5H2,1-4H3,(H,10,11);2*6H,4-5H2,1-3H3;5H,4H2,1-3H3/t;;;;4*6-;;;;/m....1100..../s1. The number of amides is 7. The molecule has 0 aromatic rings. The first-order valence-corrected chi connectivity index (χ1v) is 48.6. The van der Waals surface area contributed by atoms with Gasteiger partial charge in [0.15, 0.2) is 0 Å². The Morgan fingerprint density at radius 1 is 0.298 bits per heavy atom. The van der Waals surface area contributed by atoms with E-state index in [1.54, 1.807) is 58.5 Å². The van der Waals surface area contributed by atoms with E-state index in [0.29, 0.717) is 91.0 Å². The van der Waals surface area contributed by atoms with Gasteiger partial charge < -0.3 is 50.6 Å². The summed E-state index contributed by atoms with van der Waals surface area (Å²) in [6.07, 6.45) is 11.6. The number of halogens is 9. The minimum absolute atomic E-state index is 0.000849. The summed E-state index contributed by atoms with van der Waals surface area (Å²) in [4.78, 5) is 102. The van der Waals surface area contributed by atoms with Crippen LogP contribution in [0, 0.1) is 65.0 Å². The highest BCUT2D eigenvalue weighted by molar-refractivity contribution is 6.32. The van der Waals surface area contributed by atoms with E-state index in [0.717, 1.165) is 71.4 Å². The summed E-state index contributed by atoms with van der Waals surface area (Å²) in [5.74, 6) is 0.358. The largest absolute Gasteiger partial charge is 0.373 e. The fourth-order valence-corrected chi connectivity index (χ4v) is 9.04. The van der Waals surface area contributed by atoms with Gasteiger partial charge in [0.05, 0.1) is 49.9 Å². The molecule has 7 amide bonds. The summed E-state index contributed by atoms with van der Waals surface area (Å²) < 4.78 is 15.2. The van der Waals surface area contributed by atoms with Gasteiger partial charge >= 0.3 is 0 Å². The van der Waals surface area contributed by atoms with Gasteiger partial charge in [0.2, 0.25) is 41.4 Å². The zero-order valence-corrected chi connectivity index (χ0v) is 93.6. The quantitative estimate of drug-likeness (QED) is 0.0400. The predicted molar refractivity (Wildman–Crippen MR) is 539 cm³/mol. The SMILES string of the molecule is CC(C)(C)C1CO1.CC(C)(C)CC1CO1.CC(C)(C)CC1CO1.CC(C)(C)CCCC(=O)CCl.CC(C)(C)CCCC(=O)CCl.CC(Cl)C(=O)NCC(C)(C)C.CN(CCC(C)(C)C)C(=O)CCl.CN(CCC(C)(C)C)C(=O)CCl.C[C@@H](Cl)C(=O)NCC(C)(C)C.C[C@@H](Cl)C(=O)NCC(C)(C)C.C[C@H](Cl)C(=O)NCC(C)(C)C.C[C@H](Cl)C(=O)NCC(C)(C)C. The van der Waals surface area contributed by atoms with Gasteiger partial charge in [0.1, 0.15) is 50.2 Å². The van der Waals surface area contributed by atoms with E-state index in [4.69, 9.17) is 119 Å². The van der Waals surface area contributed by atoms with Crippen LogP contribution in [0.3, 0.4) is 0 Å². The molecule has 3 rings (SSSR count). The molecule has 3 aliphatic rings. The molecule has 124 heavy (non-hydrogen) atoms. The highest BCUT2D eigenvalue weighted by Gasteiger charge is 2.35. The Labute approximate surface area is 806 Å². The highest BCUT2D eigenvalue weighted by atomic mass is 35.5. The fourth-order valence-electron chi connectivity index (χ4n) is 7.98. The smallest absolute Gasteiger partial charge is 0.237 e. The van der Waals surface area contributed by atoms with E-state index in [2.05, 4.69) is 276 Å². The molecule has 8 atom stereocenters. The lowest BCUT2D eigenvalue weighted by atomic mass is 9.89. The highest BCUT2D eigenvalue weighted by Crippen LogP contribution is 2.32. The van der Waals surface area contributed by atoms with E-state index in [-0.39, 0.29) is 114 Å². The number of nitrogens with zero attached hydrogens (tertiary/aromatic N) is 2. The zero-order valence-electron chi connectivity index (χ0n) is 86.8. The van der Waals surface area contributed by atoms with Gasteiger partial charge in [-0.3, -0.25) is 43.2 Å².